The molecule has 0 saturated heterocycles. The Kier molecular flexibility index (Phi) is 4.05. The van der Waals surface area contributed by atoms with E-state index in [1.54, 1.807) is 0 Å². The highest BCUT2D eigenvalue weighted by Crippen LogP contribution is 2.19. The van der Waals surface area contributed by atoms with Gasteiger partial charge in [0.2, 0.25) is 0 Å². The van der Waals surface area contributed by atoms with Crippen LogP contribution in [0.3, 0.4) is 0 Å². The molecule has 19 heavy (non-hydrogen) atoms. The van der Waals surface area contributed by atoms with Gasteiger partial charge in [0.15, 0.2) is 0 Å². The zero-order valence-corrected chi connectivity index (χ0v) is 11.6. The molecule has 100 valence electrons. The van der Waals surface area contributed by atoms with Gasteiger partial charge < -0.3 is 9.72 Å². The molecule has 0 fully saturated rings. The third-order valence-corrected chi connectivity index (χ3v) is 3.44. The van der Waals surface area contributed by atoms with Crippen LogP contribution in [0.15, 0.2) is 30.3 Å². The summed E-state index contributed by atoms with van der Waals surface area (Å²) in [6, 6.07) is 9.69. The molecule has 0 bridgehead atoms. The van der Waals surface area contributed by atoms with E-state index in [0.717, 1.165) is 28.8 Å². The summed E-state index contributed by atoms with van der Waals surface area (Å²) in [5.41, 5.74) is 4.80. The number of ether oxygens (including phenoxy) is 1. The van der Waals surface area contributed by atoms with E-state index in [1.165, 1.54) is 0 Å². The number of benzene rings is 1. The van der Waals surface area contributed by atoms with Crippen molar-refractivity contribution in [3.63, 3.8) is 0 Å². The van der Waals surface area contributed by atoms with Gasteiger partial charge in [-0.1, -0.05) is 37.3 Å². The molecule has 2 rings (SSSR count). The summed E-state index contributed by atoms with van der Waals surface area (Å²) in [4.78, 5) is 15.2. The second-order valence-electron chi connectivity index (χ2n) is 4.64. The van der Waals surface area contributed by atoms with Crippen molar-refractivity contribution in [1.82, 2.24) is 4.98 Å². The van der Waals surface area contributed by atoms with Crippen molar-refractivity contribution in [3.8, 4) is 0 Å². The van der Waals surface area contributed by atoms with Gasteiger partial charge in [-0.2, -0.15) is 0 Å². The Bertz CT molecular complexity index is 570. The Morgan fingerprint density at radius 2 is 1.84 bits per heavy atom. The zero-order chi connectivity index (χ0) is 13.8. The summed E-state index contributed by atoms with van der Waals surface area (Å²) in [7, 11) is 0. The summed E-state index contributed by atoms with van der Waals surface area (Å²) in [5.74, 6) is -0.288. The molecule has 0 radical (unpaired) electrons. The lowest BCUT2D eigenvalue weighted by atomic mass is 10.1. The first-order valence-corrected chi connectivity index (χ1v) is 6.52. The number of carbonyl (C=O) groups is 1. The Morgan fingerprint density at radius 1 is 1.16 bits per heavy atom. The van der Waals surface area contributed by atoms with Crippen LogP contribution in [0.1, 0.15) is 39.8 Å². The SMILES string of the molecule is CCc1[nH]c(C(=O)OCc2ccccc2)c(C)c1C. The van der Waals surface area contributed by atoms with Gasteiger partial charge in [0.05, 0.1) is 0 Å². The predicted molar refractivity (Wildman–Crippen MR) is 75.2 cm³/mol. The van der Waals surface area contributed by atoms with Crippen LogP contribution >= 0.6 is 0 Å². The van der Waals surface area contributed by atoms with Crippen molar-refractivity contribution < 1.29 is 9.53 Å². The monoisotopic (exact) mass is 257 g/mol. The Balaban J connectivity index is 2.08. The minimum Gasteiger partial charge on any atom is -0.456 e. The fourth-order valence-corrected chi connectivity index (χ4v) is 2.11. The van der Waals surface area contributed by atoms with Crippen molar-refractivity contribution in [1.29, 1.82) is 0 Å². The van der Waals surface area contributed by atoms with Crippen molar-refractivity contribution in [2.75, 3.05) is 0 Å². The number of nitrogens with one attached hydrogen (secondary N) is 1. The van der Waals surface area contributed by atoms with E-state index in [2.05, 4.69) is 11.9 Å². The van der Waals surface area contributed by atoms with Crippen LogP contribution < -0.4 is 0 Å². The van der Waals surface area contributed by atoms with E-state index in [4.69, 9.17) is 4.74 Å². The highest BCUT2D eigenvalue weighted by molar-refractivity contribution is 5.89. The summed E-state index contributed by atoms with van der Waals surface area (Å²) in [6.45, 7) is 6.35. The van der Waals surface area contributed by atoms with E-state index in [0.29, 0.717) is 12.3 Å². The molecule has 0 aliphatic carbocycles. The molecule has 1 aromatic heterocycles. The number of hydrogen-bond acceptors (Lipinski definition) is 2. The molecule has 3 heteroatoms. The van der Waals surface area contributed by atoms with Gasteiger partial charge in [-0.05, 0) is 37.0 Å². The fourth-order valence-electron chi connectivity index (χ4n) is 2.11. The minimum atomic E-state index is -0.288. The second-order valence-corrected chi connectivity index (χ2v) is 4.64. The molecule has 0 unspecified atom stereocenters. The third kappa shape index (κ3) is 2.87. The van der Waals surface area contributed by atoms with Crippen LogP contribution in [0, 0.1) is 13.8 Å². The maximum Gasteiger partial charge on any atom is 0.355 e. The van der Waals surface area contributed by atoms with Gasteiger partial charge in [0.25, 0.3) is 0 Å². The molecule has 3 nitrogen and oxygen atoms in total. The molecule has 0 spiro atoms. The molecule has 0 saturated carbocycles. The van der Waals surface area contributed by atoms with Gasteiger partial charge >= 0.3 is 5.97 Å². The van der Waals surface area contributed by atoms with Crippen molar-refractivity contribution >= 4 is 5.97 Å². The largest absolute Gasteiger partial charge is 0.456 e. The van der Waals surface area contributed by atoms with Crippen LogP contribution in [0.2, 0.25) is 0 Å². The molecule has 0 atom stereocenters. The van der Waals surface area contributed by atoms with Crippen LogP contribution in [0.25, 0.3) is 0 Å². The molecule has 0 aliphatic rings. The number of hydrogen-bond donors (Lipinski definition) is 1. The van der Waals surface area contributed by atoms with Gasteiger partial charge in [0.1, 0.15) is 12.3 Å². The van der Waals surface area contributed by atoms with Gasteiger partial charge in [-0.15, -0.1) is 0 Å². The molecular weight excluding hydrogens is 238 g/mol. The first-order chi connectivity index (χ1) is 9.13. The average Bonchev–Trinajstić information content (AvgIpc) is 2.73. The standard InChI is InChI=1S/C16H19NO2/c1-4-14-11(2)12(3)15(17-14)16(18)19-10-13-8-6-5-7-9-13/h5-9,17H,4,10H2,1-3H3. The van der Waals surface area contributed by atoms with Crippen LogP contribution in [0.5, 0.6) is 0 Å². The highest BCUT2D eigenvalue weighted by atomic mass is 16.5. The number of aromatic nitrogens is 1. The Hall–Kier alpha value is -2.03. The van der Waals surface area contributed by atoms with Gasteiger partial charge in [0, 0.05) is 5.69 Å². The number of H-pyrrole nitrogens is 1. The van der Waals surface area contributed by atoms with Crippen molar-refractivity contribution in [3.05, 3.63) is 58.4 Å². The first kappa shape index (κ1) is 13.4. The molecule has 1 aromatic carbocycles. The Morgan fingerprint density at radius 3 is 2.42 bits per heavy atom. The number of rotatable bonds is 4. The summed E-state index contributed by atoms with van der Waals surface area (Å²) < 4.78 is 5.34. The van der Waals surface area contributed by atoms with Crippen LogP contribution in [-0.2, 0) is 17.8 Å². The summed E-state index contributed by atoms with van der Waals surface area (Å²) in [6.07, 6.45) is 0.888. The maximum atomic E-state index is 12.1. The number of aryl methyl sites for hydroxylation is 1. The fraction of sp³-hybridized carbons (Fsp3) is 0.312. The predicted octanol–water partition coefficient (Wildman–Crippen LogP) is 3.55. The lowest BCUT2D eigenvalue weighted by molar-refractivity contribution is 0.0465. The van der Waals surface area contributed by atoms with Crippen molar-refractivity contribution in [2.45, 2.75) is 33.8 Å². The molecule has 0 aliphatic heterocycles. The van der Waals surface area contributed by atoms with Crippen LogP contribution in [-0.4, -0.2) is 11.0 Å². The normalized spacial score (nSPS) is 10.5. The minimum absolute atomic E-state index is 0.288. The quantitative estimate of drug-likeness (QED) is 0.851. The zero-order valence-electron chi connectivity index (χ0n) is 11.6. The second kappa shape index (κ2) is 5.74. The highest BCUT2D eigenvalue weighted by Gasteiger charge is 2.17. The van der Waals surface area contributed by atoms with Crippen molar-refractivity contribution in [2.24, 2.45) is 0 Å². The van der Waals surface area contributed by atoms with E-state index in [9.17, 15) is 4.79 Å². The summed E-state index contributed by atoms with van der Waals surface area (Å²) >= 11 is 0. The first-order valence-electron chi connectivity index (χ1n) is 6.52. The molecule has 1 heterocycles. The van der Waals surface area contributed by atoms with Crippen LogP contribution in [0.4, 0.5) is 0 Å². The van der Waals surface area contributed by atoms with E-state index < -0.39 is 0 Å². The molecule has 2 aromatic rings. The summed E-state index contributed by atoms with van der Waals surface area (Å²) in [5, 5.41) is 0. The van der Waals surface area contributed by atoms with Gasteiger partial charge in [-0.25, -0.2) is 4.79 Å². The molecular formula is C16H19NO2. The average molecular weight is 257 g/mol. The lowest BCUT2D eigenvalue weighted by Crippen LogP contribution is -2.07. The smallest absolute Gasteiger partial charge is 0.355 e. The Labute approximate surface area is 113 Å². The number of esters is 1. The number of aromatic amines is 1. The van der Waals surface area contributed by atoms with E-state index in [1.807, 2.05) is 44.2 Å². The molecule has 1 N–H and O–H groups in total. The maximum absolute atomic E-state index is 12.1. The topological polar surface area (TPSA) is 42.1 Å². The molecule has 0 amide bonds. The number of carbonyl (C=O) groups excluding carboxylic acids is 1. The lowest BCUT2D eigenvalue weighted by Gasteiger charge is -2.04. The van der Waals surface area contributed by atoms with Gasteiger partial charge in [-0.3, -0.25) is 0 Å². The van der Waals surface area contributed by atoms with E-state index in [-0.39, 0.29) is 5.97 Å². The van der Waals surface area contributed by atoms with E-state index >= 15 is 0 Å². The third-order valence-electron chi connectivity index (χ3n) is 3.44.